The smallest absolute Gasteiger partial charge is 0.303 e. The zero-order chi connectivity index (χ0) is 17.4. The molecule has 1 unspecified atom stereocenters. The molecular formula is C20H23NO3. The standard InChI is InChI=1S/C20H23NO3/c1-15(21-19(22)9-5-6-10-20(23)24)16-11-13-18(14-12-16)17-7-3-2-4-8-17/h2-4,7-8,11-15H,5-6,9-10H2,1H3,(H,21,22)(H,23,24). The maximum absolute atomic E-state index is 11.9. The number of carboxylic acids is 1. The van der Waals surface area contributed by atoms with Crippen LogP contribution in [-0.4, -0.2) is 17.0 Å². The molecule has 0 aromatic heterocycles. The number of hydrogen-bond donors (Lipinski definition) is 2. The van der Waals surface area contributed by atoms with Gasteiger partial charge in [-0.05, 0) is 36.5 Å². The summed E-state index contributed by atoms with van der Waals surface area (Å²) in [7, 11) is 0. The molecule has 0 aliphatic heterocycles. The molecule has 1 amide bonds. The van der Waals surface area contributed by atoms with Crippen LogP contribution in [0.2, 0.25) is 0 Å². The van der Waals surface area contributed by atoms with Gasteiger partial charge in [0.25, 0.3) is 0 Å². The van der Waals surface area contributed by atoms with Crippen molar-refractivity contribution in [3.8, 4) is 11.1 Å². The van der Waals surface area contributed by atoms with Crippen LogP contribution in [0.25, 0.3) is 11.1 Å². The van der Waals surface area contributed by atoms with E-state index in [0.717, 1.165) is 11.1 Å². The number of carboxylic acid groups (broad SMARTS) is 1. The van der Waals surface area contributed by atoms with Gasteiger partial charge < -0.3 is 10.4 Å². The SMILES string of the molecule is CC(NC(=O)CCCCC(=O)O)c1ccc(-c2ccccc2)cc1. The highest BCUT2D eigenvalue weighted by Gasteiger charge is 2.10. The lowest BCUT2D eigenvalue weighted by atomic mass is 10.0. The van der Waals surface area contributed by atoms with Crippen molar-refractivity contribution in [1.82, 2.24) is 5.32 Å². The molecule has 4 heteroatoms. The Hall–Kier alpha value is -2.62. The van der Waals surface area contributed by atoms with Gasteiger partial charge in [0.15, 0.2) is 0 Å². The Morgan fingerprint density at radius 1 is 0.917 bits per heavy atom. The van der Waals surface area contributed by atoms with E-state index in [1.165, 1.54) is 5.56 Å². The molecule has 2 N–H and O–H groups in total. The fourth-order valence-corrected chi connectivity index (χ4v) is 2.55. The summed E-state index contributed by atoms with van der Waals surface area (Å²) in [6.07, 6.45) is 1.60. The molecule has 0 fully saturated rings. The summed E-state index contributed by atoms with van der Waals surface area (Å²) in [5, 5.41) is 11.5. The molecule has 0 aliphatic rings. The number of nitrogens with one attached hydrogen (secondary N) is 1. The molecule has 0 heterocycles. The zero-order valence-corrected chi connectivity index (χ0v) is 13.9. The van der Waals surface area contributed by atoms with Crippen LogP contribution in [0.4, 0.5) is 0 Å². The summed E-state index contributed by atoms with van der Waals surface area (Å²) in [4.78, 5) is 22.3. The Labute approximate surface area is 142 Å². The number of unbranched alkanes of at least 4 members (excludes halogenated alkanes) is 1. The number of amides is 1. The molecule has 126 valence electrons. The molecule has 0 bridgehead atoms. The third kappa shape index (κ3) is 5.54. The molecule has 0 saturated heterocycles. The first kappa shape index (κ1) is 17.7. The second-order valence-electron chi connectivity index (χ2n) is 5.88. The van der Waals surface area contributed by atoms with Crippen molar-refractivity contribution in [2.24, 2.45) is 0 Å². The van der Waals surface area contributed by atoms with E-state index in [1.807, 2.05) is 37.3 Å². The van der Waals surface area contributed by atoms with Crippen LogP contribution in [0.3, 0.4) is 0 Å². The number of benzene rings is 2. The van der Waals surface area contributed by atoms with Crippen molar-refractivity contribution in [2.45, 2.75) is 38.6 Å². The molecule has 2 rings (SSSR count). The molecule has 4 nitrogen and oxygen atoms in total. The maximum atomic E-state index is 11.9. The van der Waals surface area contributed by atoms with E-state index < -0.39 is 5.97 Å². The van der Waals surface area contributed by atoms with Crippen molar-refractivity contribution in [3.05, 3.63) is 60.2 Å². The second kappa shape index (κ2) is 8.87. The zero-order valence-electron chi connectivity index (χ0n) is 13.9. The van der Waals surface area contributed by atoms with E-state index in [-0.39, 0.29) is 18.4 Å². The fourth-order valence-electron chi connectivity index (χ4n) is 2.55. The Morgan fingerprint density at radius 2 is 1.50 bits per heavy atom. The van der Waals surface area contributed by atoms with Crippen molar-refractivity contribution in [3.63, 3.8) is 0 Å². The molecule has 0 spiro atoms. The second-order valence-corrected chi connectivity index (χ2v) is 5.88. The monoisotopic (exact) mass is 325 g/mol. The average Bonchev–Trinajstić information content (AvgIpc) is 2.59. The van der Waals surface area contributed by atoms with Gasteiger partial charge in [-0.1, -0.05) is 54.6 Å². The lowest BCUT2D eigenvalue weighted by Crippen LogP contribution is -2.26. The van der Waals surface area contributed by atoms with Crippen LogP contribution >= 0.6 is 0 Å². The molecule has 1 atom stereocenters. The van der Waals surface area contributed by atoms with Crippen molar-refractivity contribution >= 4 is 11.9 Å². The summed E-state index contributed by atoms with van der Waals surface area (Å²) in [5.74, 6) is -0.859. The van der Waals surface area contributed by atoms with E-state index in [1.54, 1.807) is 0 Å². The Kier molecular flexibility index (Phi) is 6.55. The number of rotatable bonds is 8. The molecule has 2 aromatic rings. The lowest BCUT2D eigenvalue weighted by molar-refractivity contribution is -0.137. The largest absolute Gasteiger partial charge is 0.481 e. The van der Waals surface area contributed by atoms with E-state index >= 15 is 0 Å². The molecule has 2 aromatic carbocycles. The Balaban J connectivity index is 1.85. The highest BCUT2D eigenvalue weighted by Crippen LogP contribution is 2.21. The number of carbonyl (C=O) groups is 2. The predicted octanol–water partition coefficient (Wildman–Crippen LogP) is 4.18. The van der Waals surface area contributed by atoms with Gasteiger partial charge in [0.2, 0.25) is 5.91 Å². The van der Waals surface area contributed by atoms with Crippen molar-refractivity contribution < 1.29 is 14.7 Å². The molecular weight excluding hydrogens is 302 g/mol. The topological polar surface area (TPSA) is 66.4 Å². The Morgan fingerprint density at radius 3 is 2.12 bits per heavy atom. The molecule has 0 aliphatic carbocycles. The minimum absolute atomic E-state index is 0.0416. The summed E-state index contributed by atoms with van der Waals surface area (Å²) in [6.45, 7) is 1.95. The minimum Gasteiger partial charge on any atom is -0.481 e. The number of hydrogen-bond acceptors (Lipinski definition) is 2. The Bertz CT molecular complexity index is 665. The quantitative estimate of drug-likeness (QED) is 0.716. The summed E-state index contributed by atoms with van der Waals surface area (Å²) in [6, 6.07) is 18.2. The van der Waals surface area contributed by atoms with E-state index in [9.17, 15) is 9.59 Å². The fraction of sp³-hybridized carbons (Fsp3) is 0.300. The maximum Gasteiger partial charge on any atom is 0.303 e. The van der Waals surface area contributed by atoms with Crippen LogP contribution in [0.15, 0.2) is 54.6 Å². The van der Waals surface area contributed by atoms with Crippen LogP contribution in [0.1, 0.15) is 44.2 Å². The van der Waals surface area contributed by atoms with Gasteiger partial charge in [0.1, 0.15) is 0 Å². The van der Waals surface area contributed by atoms with Gasteiger partial charge in [-0.25, -0.2) is 0 Å². The first-order valence-corrected chi connectivity index (χ1v) is 8.23. The van der Waals surface area contributed by atoms with E-state index in [0.29, 0.717) is 19.3 Å². The van der Waals surface area contributed by atoms with Crippen LogP contribution < -0.4 is 5.32 Å². The average molecular weight is 325 g/mol. The van der Waals surface area contributed by atoms with Crippen LogP contribution in [0.5, 0.6) is 0 Å². The van der Waals surface area contributed by atoms with Gasteiger partial charge in [0.05, 0.1) is 6.04 Å². The first-order chi connectivity index (χ1) is 11.6. The molecule has 0 saturated carbocycles. The van der Waals surface area contributed by atoms with Crippen molar-refractivity contribution in [2.75, 3.05) is 0 Å². The van der Waals surface area contributed by atoms with Crippen LogP contribution in [0, 0.1) is 0 Å². The van der Waals surface area contributed by atoms with Gasteiger partial charge >= 0.3 is 5.97 Å². The normalized spacial score (nSPS) is 11.7. The van der Waals surface area contributed by atoms with Gasteiger partial charge in [-0.2, -0.15) is 0 Å². The molecule has 24 heavy (non-hydrogen) atoms. The van der Waals surface area contributed by atoms with E-state index in [2.05, 4.69) is 29.6 Å². The third-order valence-corrected chi connectivity index (χ3v) is 3.94. The summed E-state index contributed by atoms with van der Waals surface area (Å²) < 4.78 is 0. The first-order valence-electron chi connectivity index (χ1n) is 8.23. The third-order valence-electron chi connectivity index (χ3n) is 3.94. The highest BCUT2D eigenvalue weighted by atomic mass is 16.4. The van der Waals surface area contributed by atoms with Gasteiger partial charge in [-0.15, -0.1) is 0 Å². The predicted molar refractivity (Wildman–Crippen MR) is 94.5 cm³/mol. The lowest BCUT2D eigenvalue weighted by Gasteiger charge is -2.15. The van der Waals surface area contributed by atoms with Crippen molar-refractivity contribution in [1.29, 1.82) is 0 Å². The minimum atomic E-state index is -0.817. The summed E-state index contributed by atoms with van der Waals surface area (Å²) >= 11 is 0. The number of aliphatic carboxylic acids is 1. The van der Waals surface area contributed by atoms with Gasteiger partial charge in [0, 0.05) is 12.8 Å². The van der Waals surface area contributed by atoms with Crippen LogP contribution in [-0.2, 0) is 9.59 Å². The highest BCUT2D eigenvalue weighted by molar-refractivity contribution is 5.76. The molecule has 0 radical (unpaired) electrons. The number of carbonyl (C=O) groups excluding carboxylic acids is 1. The summed E-state index contributed by atoms with van der Waals surface area (Å²) in [5.41, 5.74) is 3.36. The van der Waals surface area contributed by atoms with Gasteiger partial charge in [-0.3, -0.25) is 9.59 Å². The van der Waals surface area contributed by atoms with E-state index in [4.69, 9.17) is 5.11 Å².